The van der Waals surface area contributed by atoms with Crippen molar-refractivity contribution < 1.29 is 17.6 Å². The number of hydrogen-bond donors (Lipinski definition) is 1. The van der Waals surface area contributed by atoms with Crippen LogP contribution >= 0.6 is 0 Å². The highest BCUT2D eigenvalue weighted by atomic mass is 19.4. The second-order valence-corrected chi connectivity index (χ2v) is 4.26. The first-order valence-corrected chi connectivity index (χ1v) is 5.77. The quantitative estimate of drug-likeness (QED) is 0.665. The zero-order valence-corrected chi connectivity index (χ0v) is 10.0. The number of pyridine rings is 1. The van der Waals surface area contributed by atoms with Gasteiger partial charge >= 0.3 is 6.18 Å². The van der Waals surface area contributed by atoms with Gasteiger partial charge < -0.3 is 10.6 Å². The maximum Gasteiger partial charge on any atom is 0.412 e. The molecule has 0 bridgehead atoms. The molecule has 1 aromatic heterocycles. The Hall–Kier alpha value is -1.63. The molecule has 0 aromatic carbocycles. The van der Waals surface area contributed by atoms with Crippen LogP contribution in [0.15, 0.2) is 23.9 Å². The molecule has 104 valence electrons. The smallest absolute Gasteiger partial charge is 0.352 e. The van der Waals surface area contributed by atoms with E-state index >= 15 is 0 Å². The Labute approximate surface area is 107 Å². The molecule has 2 N–H and O–H groups in total. The van der Waals surface area contributed by atoms with Gasteiger partial charge in [-0.05, 0) is 12.5 Å². The summed E-state index contributed by atoms with van der Waals surface area (Å²) in [5.74, 6) is -0.0610. The number of rotatable bonds is 2. The lowest BCUT2D eigenvalue weighted by atomic mass is 10.1. The van der Waals surface area contributed by atoms with Crippen LogP contribution in [0.25, 0.3) is 0 Å². The molecule has 2 heterocycles. The summed E-state index contributed by atoms with van der Waals surface area (Å²) in [7, 11) is 0. The van der Waals surface area contributed by atoms with Gasteiger partial charge in [0.05, 0.1) is 6.20 Å². The van der Waals surface area contributed by atoms with E-state index in [2.05, 4.69) is 4.98 Å². The SMILES string of the molecule is NCc1cc(F)cnc1N1CC=C(C(F)(F)F)CC1. The van der Waals surface area contributed by atoms with Crippen LogP contribution in [0.1, 0.15) is 12.0 Å². The van der Waals surface area contributed by atoms with Gasteiger partial charge in [0.25, 0.3) is 0 Å². The lowest BCUT2D eigenvalue weighted by Crippen LogP contribution is -2.33. The lowest BCUT2D eigenvalue weighted by Gasteiger charge is -2.29. The second kappa shape index (κ2) is 5.16. The van der Waals surface area contributed by atoms with E-state index in [1.54, 1.807) is 4.90 Å². The Bertz CT molecular complexity index is 496. The molecule has 0 saturated carbocycles. The van der Waals surface area contributed by atoms with Gasteiger partial charge in [-0.15, -0.1) is 0 Å². The molecule has 0 spiro atoms. The standard InChI is InChI=1S/C12H13F4N3/c13-10-5-8(6-17)11(18-7-10)19-3-1-9(2-4-19)12(14,15)16/h1,5,7H,2-4,6,17H2. The van der Waals surface area contributed by atoms with Crippen molar-refractivity contribution >= 4 is 5.82 Å². The van der Waals surface area contributed by atoms with Gasteiger partial charge in [-0.3, -0.25) is 0 Å². The third-order valence-electron chi connectivity index (χ3n) is 3.00. The van der Waals surface area contributed by atoms with Gasteiger partial charge in [-0.1, -0.05) is 6.08 Å². The summed E-state index contributed by atoms with van der Waals surface area (Å²) in [6, 6.07) is 1.26. The Morgan fingerprint density at radius 3 is 2.63 bits per heavy atom. The molecule has 0 radical (unpaired) electrons. The zero-order valence-electron chi connectivity index (χ0n) is 10.0. The van der Waals surface area contributed by atoms with E-state index < -0.39 is 17.6 Å². The topological polar surface area (TPSA) is 42.1 Å². The first-order valence-electron chi connectivity index (χ1n) is 5.77. The average molecular weight is 275 g/mol. The number of nitrogens with zero attached hydrogens (tertiary/aromatic N) is 2. The molecule has 0 aliphatic carbocycles. The first-order chi connectivity index (χ1) is 8.91. The molecule has 1 aliphatic rings. The zero-order chi connectivity index (χ0) is 14.0. The number of aromatic nitrogens is 1. The van der Waals surface area contributed by atoms with Crippen molar-refractivity contribution in [2.24, 2.45) is 5.73 Å². The fourth-order valence-electron chi connectivity index (χ4n) is 2.03. The van der Waals surface area contributed by atoms with Gasteiger partial charge in [0.15, 0.2) is 0 Å². The summed E-state index contributed by atoms with van der Waals surface area (Å²) in [6.07, 6.45) is -2.21. The maximum absolute atomic E-state index is 13.0. The van der Waals surface area contributed by atoms with Gasteiger partial charge in [0.2, 0.25) is 0 Å². The van der Waals surface area contributed by atoms with E-state index in [4.69, 9.17) is 5.73 Å². The largest absolute Gasteiger partial charge is 0.412 e. The van der Waals surface area contributed by atoms with Crippen LogP contribution in [0.5, 0.6) is 0 Å². The number of alkyl halides is 3. The highest BCUT2D eigenvalue weighted by molar-refractivity contribution is 5.48. The van der Waals surface area contributed by atoms with E-state index in [0.717, 1.165) is 12.3 Å². The summed E-state index contributed by atoms with van der Waals surface area (Å²) in [5, 5.41) is 0. The highest BCUT2D eigenvalue weighted by Gasteiger charge is 2.35. The fraction of sp³-hybridized carbons (Fsp3) is 0.417. The van der Waals surface area contributed by atoms with Crippen LogP contribution in [-0.2, 0) is 6.54 Å². The Kier molecular flexibility index (Phi) is 3.75. The van der Waals surface area contributed by atoms with Crippen LogP contribution in [0.2, 0.25) is 0 Å². The number of anilines is 1. The molecule has 1 aliphatic heterocycles. The molecule has 7 heteroatoms. The summed E-state index contributed by atoms with van der Waals surface area (Å²) < 4.78 is 50.5. The normalized spacial score (nSPS) is 16.5. The second-order valence-electron chi connectivity index (χ2n) is 4.26. The molecule has 0 amide bonds. The minimum absolute atomic E-state index is 0.0897. The van der Waals surface area contributed by atoms with Crippen molar-refractivity contribution in [2.45, 2.75) is 19.1 Å². The van der Waals surface area contributed by atoms with Crippen LogP contribution in [-0.4, -0.2) is 24.2 Å². The maximum atomic E-state index is 13.0. The molecule has 0 unspecified atom stereocenters. The molecule has 0 saturated heterocycles. The average Bonchev–Trinajstić information content (AvgIpc) is 2.37. The van der Waals surface area contributed by atoms with Crippen LogP contribution in [0.4, 0.5) is 23.4 Å². The molecule has 0 atom stereocenters. The van der Waals surface area contributed by atoms with Crippen molar-refractivity contribution in [3.63, 3.8) is 0 Å². The van der Waals surface area contributed by atoms with Crippen LogP contribution in [0, 0.1) is 5.82 Å². The van der Waals surface area contributed by atoms with Crippen LogP contribution in [0.3, 0.4) is 0 Å². The van der Waals surface area contributed by atoms with Crippen LogP contribution < -0.4 is 10.6 Å². The van der Waals surface area contributed by atoms with Crippen molar-refractivity contribution in [2.75, 3.05) is 18.0 Å². The van der Waals surface area contributed by atoms with Crippen molar-refractivity contribution in [3.05, 3.63) is 35.3 Å². The minimum Gasteiger partial charge on any atom is -0.352 e. The third-order valence-corrected chi connectivity index (χ3v) is 3.00. The third kappa shape index (κ3) is 3.04. The van der Waals surface area contributed by atoms with E-state index in [0.29, 0.717) is 11.4 Å². The van der Waals surface area contributed by atoms with Gasteiger partial charge in [-0.25, -0.2) is 9.37 Å². The monoisotopic (exact) mass is 275 g/mol. The number of nitrogens with two attached hydrogens (primary N) is 1. The minimum atomic E-state index is -4.28. The van der Waals surface area contributed by atoms with Gasteiger partial charge in [-0.2, -0.15) is 13.2 Å². The molecule has 1 aromatic rings. The fourth-order valence-corrected chi connectivity index (χ4v) is 2.03. The molecule has 19 heavy (non-hydrogen) atoms. The Morgan fingerprint density at radius 1 is 1.37 bits per heavy atom. The summed E-state index contributed by atoms with van der Waals surface area (Å²) in [4.78, 5) is 5.58. The number of halogens is 4. The molecule has 0 fully saturated rings. The predicted molar refractivity (Wildman–Crippen MR) is 63.1 cm³/mol. The summed E-state index contributed by atoms with van der Waals surface area (Å²) in [5.41, 5.74) is 5.46. The van der Waals surface area contributed by atoms with Gasteiger partial charge in [0, 0.05) is 30.8 Å². The molecular weight excluding hydrogens is 262 g/mol. The predicted octanol–water partition coefficient (Wildman–Crippen LogP) is 2.38. The summed E-state index contributed by atoms with van der Waals surface area (Å²) in [6.45, 7) is 0.379. The van der Waals surface area contributed by atoms with Crippen molar-refractivity contribution in [1.82, 2.24) is 4.98 Å². The van der Waals surface area contributed by atoms with Crippen molar-refractivity contribution in [1.29, 1.82) is 0 Å². The first kappa shape index (κ1) is 13.8. The Morgan fingerprint density at radius 2 is 2.11 bits per heavy atom. The van der Waals surface area contributed by atoms with E-state index in [-0.39, 0.29) is 26.1 Å². The summed E-state index contributed by atoms with van der Waals surface area (Å²) >= 11 is 0. The lowest BCUT2D eigenvalue weighted by molar-refractivity contribution is -0.0944. The van der Waals surface area contributed by atoms with E-state index in [1.807, 2.05) is 0 Å². The van der Waals surface area contributed by atoms with E-state index in [9.17, 15) is 17.6 Å². The van der Waals surface area contributed by atoms with Gasteiger partial charge in [0.1, 0.15) is 11.6 Å². The van der Waals surface area contributed by atoms with E-state index in [1.165, 1.54) is 6.07 Å². The van der Waals surface area contributed by atoms with Crippen molar-refractivity contribution in [3.8, 4) is 0 Å². The molecule has 2 rings (SSSR count). The highest BCUT2D eigenvalue weighted by Crippen LogP contribution is 2.31. The Balaban J connectivity index is 2.20. The molecule has 3 nitrogen and oxygen atoms in total. The molecular formula is C12H13F4N3. The number of hydrogen-bond acceptors (Lipinski definition) is 3.